The summed E-state index contributed by atoms with van der Waals surface area (Å²) in [5, 5.41) is 9.13. The summed E-state index contributed by atoms with van der Waals surface area (Å²) in [6.07, 6.45) is 5.21. The zero-order valence-electron chi connectivity index (χ0n) is 11.4. The Morgan fingerprint density at radius 2 is 2.22 bits per heavy atom. The van der Waals surface area contributed by atoms with Crippen LogP contribution in [0.15, 0.2) is 11.6 Å². The van der Waals surface area contributed by atoms with Crippen molar-refractivity contribution in [3.63, 3.8) is 0 Å². The predicted octanol–water partition coefficient (Wildman–Crippen LogP) is 3.05. The molecule has 0 bridgehead atoms. The zero-order chi connectivity index (χ0) is 13.5. The number of carboxylic acid groups (broad SMARTS) is 1. The van der Waals surface area contributed by atoms with E-state index in [1.54, 1.807) is 6.08 Å². The Morgan fingerprint density at radius 3 is 2.83 bits per heavy atom. The summed E-state index contributed by atoms with van der Waals surface area (Å²) in [7, 11) is 0. The molecule has 0 aromatic heterocycles. The average molecular weight is 250 g/mol. The highest BCUT2D eigenvalue weighted by Crippen LogP contribution is 2.52. The summed E-state index contributed by atoms with van der Waals surface area (Å²) in [6.45, 7) is 6.02. The topological polar surface area (TPSA) is 54.4 Å². The molecule has 1 N–H and O–H groups in total. The highest BCUT2D eigenvalue weighted by molar-refractivity contribution is 5.92. The van der Waals surface area contributed by atoms with Gasteiger partial charge in [-0.2, -0.15) is 0 Å². The highest BCUT2D eigenvalue weighted by Gasteiger charge is 2.45. The van der Waals surface area contributed by atoms with Crippen molar-refractivity contribution in [2.45, 2.75) is 46.5 Å². The second-order valence-corrected chi connectivity index (χ2v) is 6.40. The van der Waals surface area contributed by atoms with Gasteiger partial charge in [0.25, 0.3) is 0 Å². The number of allylic oxidation sites excluding steroid dienone is 2. The maximum absolute atomic E-state index is 11.7. The van der Waals surface area contributed by atoms with Gasteiger partial charge >= 0.3 is 5.97 Å². The number of aliphatic carboxylic acids is 1. The predicted molar refractivity (Wildman–Crippen MR) is 69.1 cm³/mol. The number of hydrogen-bond acceptors (Lipinski definition) is 2. The van der Waals surface area contributed by atoms with E-state index in [9.17, 15) is 9.59 Å². The Bertz CT molecular complexity index is 410. The number of carboxylic acids is 1. The lowest BCUT2D eigenvalue weighted by atomic mass is 9.56. The molecule has 2 aliphatic rings. The second-order valence-electron chi connectivity index (χ2n) is 6.40. The van der Waals surface area contributed by atoms with E-state index in [0.29, 0.717) is 12.3 Å². The Labute approximate surface area is 108 Å². The SMILES string of the molecule is CC1=CC(=O)CC2(C)CCC(C(C)C(=O)O)CC12. The van der Waals surface area contributed by atoms with Gasteiger partial charge in [-0.25, -0.2) is 0 Å². The minimum atomic E-state index is -0.697. The van der Waals surface area contributed by atoms with Crippen molar-refractivity contribution in [2.75, 3.05) is 0 Å². The fourth-order valence-electron chi connectivity index (χ4n) is 3.80. The molecule has 0 saturated heterocycles. The molecule has 2 rings (SSSR count). The molecule has 0 heterocycles. The maximum Gasteiger partial charge on any atom is 0.306 e. The van der Waals surface area contributed by atoms with Gasteiger partial charge in [0.15, 0.2) is 5.78 Å². The van der Waals surface area contributed by atoms with E-state index in [1.165, 1.54) is 0 Å². The van der Waals surface area contributed by atoms with Crippen LogP contribution in [0, 0.1) is 23.2 Å². The Morgan fingerprint density at radius 1 is 1.56 bits per heavy atom. The lowest BCUT2D eigenvalue weighted by Gasteiger charge is -2.47. The van der Waals surface area contributed by atoms with Crippen molar-refractivity contribution < 1.29 is 14.7 Å². The number of carbonyl (C=O) groups is 2. The molecule has 0 radical (unpaired) electrons. The van der Waals surface area contributed by atoms with Gasteiger partial charge < -0.3 is 5.11 Å². The molecule has 0 aliphatic heterocycles. The molecule has 0 aromatic rings. The standard InChI is InChI=1S/C15H22O3/c1-9-6-12(16)8-15(3)5-4-11(7-13(9)15)10(2)14(17)18/h6,10-11,13H,4-5,7-8H2,1-3H3,(H,17,18). The fourth-order valence-corrected chi connectivity index (χ4v) is 3.80. The lowest BCUT2D eigenvalue weighted by molar-refractivity contribution is -0.144. The summed E-state index contributed by atoms with van der Waals surface area (Å²) in [6, 6.07) is 0. The summed E-state index contributed by atoms with van der Waals surface area (Å²) < 4.78 is 0. The van der Waals surface area contributed by atoms with Gasteiger partial charge in [-0.15, -0.1) is 0 Å². The zero-order valence-corrected chi connectivity index (χ0v) is 11.4. The van der Waals surface area contributed by atoms with Crippen molar-refractivity contribution in [2.24, 2.45) is 23.2 Å². The molecule has 4 atom stereocenters. The first-order valence-electron chi connectivity index (χ1n) is 6.77. The van der Waals surface area contributed by atoms with Crippen LogP contribution in [0.25, 0.3) is 0 Å². The minimum Gasteiger partial charge on any atom is -0.481 e. The van der Waals surface area contributed by atoms with E-state index in [2.05, 4.69) is 6.92 Å². The largest absolute Gasteiger partial charge is 0.481 e. The number of ketones is 1. The minimum absolute atomic E-state index is 0.0602. The molecule has 0 spiro atoms. The number of rotatable bonds is 2. The van der Waals surface area contributed by atoms with Crippen LogP contribution in [0.1, 0.15) is 46.5 Å². The lowest BCUT2D eigenvalue weighted by Crippen LogP contribution is -2.41. The number of carbonyl (C=O) groups excluding carboxylic acids is 1. The third kappa shape index (κ3) is 2.23. The molecule has 0 amide bonds. The molecule has 3 nitrogen and oxygen atoms in total. The average Bonchev–Trinajstić information content (AvgIpc) is 2.26. The van der Waals surface area contributed by atoms with Crippen molar-refractivity contribution >= 4 is 11.8 Å². The fraction of sp³-hybridized carbons (Fsp3) is 0.733. The molecule has 0 aromatic carbocycles. The van der Waals surface area contributed by atoms with E-state index in [1.807, 2.05) is 13.8 Å². The van der Waals surface area contributed by atoms with Gasteiger partial charge in [-0.1, -0.05) is 19.4 Å². The quantitative estimate of drug-likeness (QED) is 0.819. The Hall–Kier alpha value is -1.12. The van der Waals surface area contributed by atoms with Crippen LogP contribution in [0.2, 0.25) is 0 Å². The van der Waals surface area contributed by atoms with Gasteiger partial charge in [0.1, 0.15) is 0 Å². The van der Waals surface area contributed by atoms with E-state index in [-0.39, 0.29) is 23.0 Å². The van der Waals surface area contributed by atoms with Crippen molar-refractivity contribution in [1.82, 2.24) is 0 Å². The monoisotopic (exact) mass is 250 g/mol. The van der Waals surface area contributed by atoms with Crippen LogP contribution < -0.4 is 0 Å². The molecular weight excluding hydrogens is 228 g/mol. The first-order chi connectivity index (χ1) is 8.33. The van der Waals surface area contributed by atoms with Crippen molar-refractivity contribution in [3.05, 3.63) is 11.6 Å². The summed E-state index contributed by atoms with van der Waals surface area (Å²) >= 11 is 0. The van der Waals surface area contributed by atoms with E-state index >= 15 is 0 Å². The molecular formula is C15H22O3. The van der Waals surface area contributed by atoms with Crippen LogP contribution in [0.3, 0.4) is 0 Å². The first-order valence-corrected chi connectivity index (χ1v) is 6.77. The van der Waals surface area contributed by atoms with E-state index in [0.717, 1.165) is 24.8 Å². The molecule has 3 heteroatoms. The molecule has 1 fully saturated rings. The van der Waals surface area contributed by atoms with Crippen LogP contribution in [0.4, 0.5) is 0 Å². The summed E-state index contributed by atoms with van der Waals surface area (Å²) in [5.41, 5.74) is 1.21. The molecule has 1 saturated carbocycles. The van der Waals surface area contributed by atoms with Crippen LogP contribution >= 0.6 is 0 Å². The highest BCUT2D eigenvalue weighted by atomic mass is 16.4. The van der Waals surface area contributed by atoms with Crippen LogP contribution in [-0.2, 0) is 9.59 Å². The summed E-state index contributed by atoms with van der Waals surface area (Å²) in [5.74, 6) is -0.110. The number of fused-ring (bicyclic) bond motifs is 1. The van der Waals surface area contributed by atoms with Crippen LogP contribution in [-0.4, -0.2) is 16.9 Å². The molecule has 4 unspecified atom stereocenters. The molecule has 2 aliphatic carbocycles. The first kappa shape index (κ1) is 13.3. The third-order valence-electron chi connectivity index (χ3n) is 5.08. The van der Waals surface area contributed by atoms with Crippen LogP contribution in [0.5, 0.6) is 0 Å². The van der Waals surface area contributed by atoms with Crippen molar-refractivity contribution in [1.29, 1.82) is 0 Å². The number of hydrogen-bond donors (Lipinski definition) is 1. The summed E-state index contributed by atoms with van der Waals surface area (Å²) in [4.78, 5) is 22.8. The van der Waals surface area contributed by atoms with Gasteiger partial charge in [0.2, 0.25) is 0 Å². The van der Waals surface area contributed by atoms with Gasteiger partial charge in [-0.05, 0) is 49.5 Å². The molecule has 100 valence electrons. The van der Waals surface area contributed by atoms with Crippen molar-refractivity contribution in [3.8, 4) is 0 Å². The van der Waals surface area contributed by atoms with Gasteiger partial charge in [0.05, 0.1) is 5.92 Å². The van der Waals surface area contributed by atoms with E-state index in [4.69, 9.17) is 5.11 Å². The Kier molecular flexibility index (Phi) is 3.35. The Balaban J connectivity index is 2.20. The smallest absolute Gasteiger partial charge is 0.306 e. The van der Waals surface area contributed by atoms with E-state index < -0.39 is 5.97 Å². The molecule has 18 heavy (non-hydrogen) atoms. The third-order valence-corrected chi connectivity index (χ3v) is 5.08. The van der Waals surface area contributed by atoms with Gasteiger partial charge in [0, 0.05) is 6.42 Å². The second kappa shape index (κ2) is 4.52. The maximum atomic E-state index is 11.7. The normalized spacial score (nSPS) is 37.7. The van der Waals surface area contributed by atoms with Gasteiger partial charge in [-0.3, -0.25) is 9.59 Å².